The number of hydrogen-bond donors (Lipinski definition) is 1. The quantitative estimate of drug-likeness (QED) is 0.772. The Labute approximate surface area is 181 Å². The fourth-order valence-electron chi connectivity index (χ4n) is 5.54. The van der Waals surface area contributed by atoms with E-state index in [0.29, 0.717) is 6.61 Å². The lowest BCUT2D eigenvalue weighted by Crippen LogP contribution is -2.58. The Morgan fingerprint density at radius 1 is 1.17 bits per heavy atom. The van der Waals surface area contributed by atoms with Crippen molar-refractivity contribution in [3.05, 3.63) is 29.8 Å². The number of para-hydroxylation sites is 1. The lowest BCUT2D eigenvalue weighted by molar-refractivity contribution is -0.0365. The highest BCUT2D eigenvalue weighted by Gasteiger charge is 2.39. The van der Waals surface area contributed by atoms with Crippen molar-refractivity contribution in [2.45, 2.75) is 82.1 Å². The van der Waals surface area contributed by atoms with Crippen LogP contribution in [-0.4, -0.2) is 63.6 Å². The number of ether oxygens (including phenoxy) is 2. The molecule has 0 aromatic heterocycles. The summed E-state index contributed by atoms with van der Waals surface area (Å²) in [5, 5.41) is 0. The number of benzene rings is 1. The first kappa shape index (κ1) is 22.1. The highest BCUT2D eigenvalue weighted by molar-refractivity contribution is 7.88. The number of nitrogens with zero attached hydrogens (tertiary/aromatic N) is 1. The molecule has 3 heterocycles. The smallest absolute Gasteiger partial charge is 0.209 e. The summed E-state index contributed by atoms with van der Waals surface area (Å²) in [5.74, 6) is 0.991. The molecule has 6 nitrogen and oxygen atoms in total. The van der Waals surface area contributed by atoms with Crippen LogP contribution in [0.15, 0.2) is 24.3 Å². The first-order valence-electron chi connectivity index (χ1n) is 11.3. The molecule has 1 aliphatic carbocycles. The van der Waals surface area contributed by atoms with Crippen molar-refractivity contribution in [3.8, 4) is 5.75 Å². The highest BCUT2D eigenvalue weighted by Crippen LogP contribution is 2.44. The summed E-state index contributed by atoms with van der Waals surface area (Å²) < 4.78 is 39.7. The molecule has 168 valence electrons. The zero-order valence-electron chi connectivity index (χ0n) is 18.5. The van der Waals surface area contributed by atoms with Crippen molar-refractivity contribution in [1.29, 1.82) is 0 Å². The normalized spacial score (nSPS) is 35.8. The third-order valence-corrected chi connectivity index (χ3v) is 7.89. The van der Waals surface area contributed by atoms with Gasteiger partial charge in [0.1, 0.15) is 11.9 Å². The molecular weight excluding hydrogens is 400 g/mol. The molecule has 3 aliphatic heterocycles. The van der Waals surface area contributed by atoms with E-state index < -0.39 is 10.0 Å². The molecule has 0 spiro atoms. The zero-order chi connectivity index (χ0) is 21.4. The van der Waals surface area contributed by atoms with Crippen molar-refractivity contribution in [3.63, 3.8) is 0 Å². The topological polar surface area (TPSA) is 67.9 Å². The molecule has 2 fully saturated rings. The van der Waals surface area contributed by atoms with Gasteiger partial charge >= 0.3 is 0 Å². The molecule has 0 amide bonds. The lowest BCUT2D eigenvalue weighted by atomic mass is 9.70. The van der Waals surface area contributed by atoms with Crippen molar-refractivity contribution >= 4 is 10.0 Å². The number of piperidine rings is 1. The van der Waals surface area contributed by atoms with E-state index in [0.717, 1.165) is 57.4 Å². The van der Waals surface area contributed by atoms with Gasteiger partial charge in [-0.15, -0.1) is 0 Å². The van der Waals surface area contributed by atoms with Gasteiger partial charge in [-0.2, -0.15) is 0 Å². The number of fused-ring (bicyclic) bond motifs is 5. The molecule has 4 aliphatic rings. The van der Waals surface area contributed by atoms with Gasteiger partial charge < -0.3 is 9.47 Å². The van der Waals surface area contributed by atoms with Crippen LogP contribution < -0.4 is 9.46 Å². The predicted molar refractivity (Wildman–Crippen MR) is 118 cm³/mol. The third-order valence-electron chi connectivity index (χ3n) is 7.16. The van der Waals surface area contributed by atoms with Gasteiger partial charge in [-0.05, 0) is 63.5 Å². The van der Waals surface area contributed by atoms with Gasteiger partial charge in [0, 0.05) is 24.2 Å². The molecular formula is C23H36N2O4S. The Morgan fingerprint density at radius 3 is 2.63 bits per heavy atom. The fourth-order valence-corrected chi connectivity index (χ4v) is 6.36. The average molecular weight is 437 g/mol. The summed E-state index contributed by atoms with van der Waals surface area (Å²) in [6.07, 6.45) is 7.51. The minimum absolute atomic E-state index is 0.00665. The number of nitrogens with one attached hydrogen (secondary N) is 1. The Kier molecular flexibility index (Phi) is 6.45. The fraction of sp³-hybridized carbons (Fsp3) is 0.739. The van der Waals surface area contributed by atoms with E-state index in [1.165, 1.54) is 11.8 Å². The van der Waals surface area contributed by atoms with Gasteiger partial charge in [0.2, 0.25) is 10.0 Å². The van der Waals surface area contributed by atoms with Crippen LogP contribution in [0.2, 0.25) is 0 Å². The summed E-state index contributed by atoms with van der Waals surface area (Å²) >= 11 is 0. The average Bonchev–Trinajstić information content (AvgIpc) is 2.68. The monoisotopic (exact) mass is 436 g/mol. The molecule has 0 radical (unpaired) electrons. The summed E-state index contributed by atoms with van der Waals surface area (Å²) in [4.78, 5) is 2.37. The van der Waals surface area contributed by atoms with Crippen LogP contribution in [-0.2, 0) is 20.2 Å². The van der Waals surface area contributed by atoms with Gasteiger partial charge in [0.15, 0.2) is 0 Å². The second-order valence-electron chi connectivity index (χ2n) is 9.72. The van der Waals surface area contributed by atoms with Crippen molar-refractivity contribution in [2.75, 3.05) is 26.0 Å². The molecule has 7 heteroatoms. The second-order valence-corrected chi connectivity index (χ2v) is 11.5. The maximum atomic E-state index is 12.0. The van der Waals surface area contributed by atoms with E-state index in [1.54, 1.807) is 0 Å². The van der Waals surface area contributed by atoms with Crippen molar-refractivity contribution in [2.24, 2.45) is 0 Å². The maximum absolute atomic E-state index is 12.0. The van der Waals surface area contributed by atoms with E-state index in [2.05, 4.69) is 47.7 Å². The molecule has 1 aromatic carbocycles. The molecule has 2 bridgehead atoms. The minimum Gasteiger partial charge on any atom is -0.489 e. The van der Waals surface area contributed by atoms with Crippen molar-refractivity contribution < 1.29 is 17.9 Å². The van der Waals surface area contributed by atoms with Crippen LogP contribution in [0, 0.1) is 0 Å². The molecule has 30 heavy (non-hydrogen) atoms. The Bertz CT molecular complexity index is 835. The predicted octanol–water partition coefficient (Wildman–Crippen LogP) is 3.07. The summed E-state index contributed by atoms with van der Waals surface area (Å²) in [5.41, 5.74) is 1.42. The van der Waals surface area contributed by atoms with E-state index in [-0.39, 0.29) is 29.7 Å². The molecule has 1 aromatic rings. The molecule has 3 atom stereocenters. The van der Waals surface area contributed by atoms with E-state index in [4.69, 9.17) is 9.47 Å². The van der Waals surface area contributed by atoms with Crippen LogP contribution in [0.4, 0.5) is 0 Å². The Morgan fingerprint density at radius 2 is 1.90 bits per heavy atom. The Hall–Kier alpha value is -1.15. The first-order valence-corrected chi connectivity index (χ1v) is 13.2. The molecule has 1 saturated carbocycles. The minimum atomic E-state index is -3.27. The van der Waals surface area contributed by atoms with Crippen LogP contribution in [0.5, 0.6) is 5.75 Å². The first-order chi connectivity index (χ1) is 14.2. The van der Waals surface area contributed by atoms with Gasteiger partial charge in [-0.3, -0.25) is 4.90 Å². The molecule has 1 N–H and O–H groups in total. The Balaban J connectivity index is 1.63. The van der Waals surface area contributed by atoms with Gasteiger partial charge in [0.25, 0.3) is 0 Å². The molecule has 2 unspecified atom stereocenters. The number of hydrogen-bond acceptors (Lipinski definition) is 5. The summed E-state index contributed by atoms with van der Waals surface area (Å²) in [6.45, 7) is 6.72. The van der Waals surface area contributed by atoms with E-state index in [1.807, 2.05) is 0 Å². The zero-order valence-corrected chi connectivity index (χ0v) is 19.3. The van der Waals surface area contributed by atoms with Gasteiger partial charge in [0.05, 0.1) is 19.0 Å². The van der Waals surface area contributed by atoms with Crippen LogP contribution in [0.3, 0.4) is 0 Å². The number of rotatable bonds is 2. The van der Waals surface area contributed by atoms with Crippen LogP contribution in [0.25, 0.3) is 0 Å². The summed E-state index contributed by atoms with van der Waals surface area (Å²) in [7, 11) is -3.27. The van der Waals surface area contributed by atoms with Crippen molar-refractivity contribution in [1.82, 2.24) is 9.62 Å². The highest BCUT2D eigenvalue weighted by atomic mass is 32.2. The third kappa shape index (κ3) is 5.01. The largest absolute Gasteiger partial charge is 0.489 e. The standard InChI is InChI=1S/C23H36N2O4S/c1-17-15-25-14-6-8-20(24-30(3,26)27)21(25)16-28-18-10-12-23(2,13-11-18)19-7-4-5-9-22(19)29-17/h4-5,7,9,17-18,20-21,24H,6,8,10-16H2,1-3H3/t17-,18-,20?,21?,23-/m0/s1. The molecule has 1 saturated heterocycles. The second kappa shape index (κ2) is 8.77. The SMILES string of the molecule is C[C@H]1CN2CCCC(NS(C)(=O)=O)C2CO[C@H]2CC[C@@](C)(CC2)c2ccccc2O1. The summed E-state index contributed by atoms with van der Waals surface area (Å²) in [6, 6.07) is 8.40. The maximum Gasteiger partial charge on any atom is 0.209 e. The van der Waals surface area contributed by atoms with Crippen LogP contribution in [0.1, 0.15) is 57.9 Å². The lowest BCUT2D eigenvalue weighted by Gasteiger charge is -2.42. The van der Waals surface area contributed by atoms with Gasteiger partial charge in [-0.1, -0.05) is 25.1 Å². The van der Waals surface area contributed by atoms with Gasteiger partial charge in [-0.25, -0.2) is 13.1 Å². The van der Waals surface area contributed by atoms with Crippen LogP contribution >= 0.6 is 0 Å². The van der Waals surface area contributed by atoms with E-state index >= 15 is 0 Å². The number of sulfonamides is 1. The molecule has 5 rings (SSSR count). The van der Waals surface area contributed by atoms with E-state index in [9.17, 15) is 8.42 Å².